The molecule has 0 spiro atoms. The van der Waals surface area contributed by atoms with Crippen LogP contribution in [-0.4, -0.2) is 55.3 Å². The van der Waals surface area contributed by atoms with E-state index in [0.717, 1.165) is 5.69 Å². The summed E-state index contributed by atoms with van der Waals surface area (Å²) in [7, 11) is 0. The van der Waals surface area contributed by atoms with Gasteiger partial charge in [-0.25, -0.2) is 4.79 Å². The number of esters is 1. The molecular formula is C26H22Cl2N2O4. The summed E-state index contributed by atoms with van der Waals surface area (Å²) in [4.78, 5) is 42.1. The number of amides is 1. The average Bonchev–Trinajstić information content (AvgIpc) is 2.87. The van der Waals surface area contributed by atoms with Gasteiger partial charge in [0.25, 0.3) is 5.91 Å². The molecule has 0 N–H and O–H groups in total. The van der Waals surface area contributed by atoms with Crippen LogP contribution in [0.15, 0.2) is 72.8 Å². The minimum atomic E-state index is -0.719. The normalized spacial score (nSPS) is 13.5. The summed E-state index contributed by atoms with van der Waals surface area (Å²) in [6, 6.07) is 20.4. The van der Waals surface area contributed by atoms with Gasteiger partial charge in [0.1, 0.15) is 0 Å². The molecule has 0 aliphatic carbocycles. The van der Waals surface area contributed by atoms with Gasteiger partial charge >= 0.3 is 5.97 Å². The molecule has 6 nitrogen and oxygen atoms in total. The summed E-state index contributed by atoms with van der Waals surface area (Å²) in [6.45, 7) is 1.93. The number of nitrogens with zero attached hydrogens (tertiary/aromatic N) is 2. The van der Waals surface area contributed by atoms with E-state index in [1.165, 1.54) is 6.07 Å². The van der Waals surface area contributed by atoms with Crippen molar-refractivity contribution in [2.75, 3.05) is 37.7 Å². The first kappa shape index (κ1) is 23.8. The van der Waals surface area contributed by atoms with E-state index in [1.807, 2.05) is 24.3 Å². The molecule has 0 unspecified atom stereocenters. The Morgan fingerprint density at radius 1 is 0.765 bits per heavy atom. The van der Waals surface area contributed by atoms with Gasteiger partial charge in [0.05, 0.1) is 5.56 Å². The summed E-state index contributed by atoms with van der Waals surface area (Å²) < 4.78 is 5.28. The van der Waals surface area contributed by atoms with Crippen molar-refractivity contribution < 1.29 is 19.1 Å². The molecular weight excluding hydrogens is 475 g/mol. The topological polar surface area (TPSA) is 66.9 Å². The Morgan fingerprint density at radius 2 is 1.44 bits per heavy atom. The Hall–Kier alpha value is -3.35. The van der Waals surface area contributed by atoms with Gasteiger partial charge in [-0.3, -0.25) is 9.59 Å². The van der Waals surface area contributed by atoms with E-state index in [0.29, 0.717) is 41.8 Å². The smallest absolute Gasteiger partial charge is 0.339 e. The minimum absolute atomic E-state index is 0.112. The average molecular weight is 497 g/mol. The first-order valence-electron chi connectivity index (χ1n) is 10.8. The zero-order chi connectivity index (χ0) is 24.1. The lowest BCUT2D eigenvalue weighted by Crippen LogP contribution is -2.49. The van der Waals surface area contributed by atoms with Crippen LogP contribution in [0.5, 0.6) is 0 Å². The van der Waals surface area contributed by atoms with Gasteiger partial charge in [0, 0.05) is 53.0 Å². The molecule has 3 aromatic carbocycles. The van der Waals surface area contributed by atoms with E-state index in [4.69, 9.17) is 27.9 Å². The number of anilines is 1. The number of ether oxygens (including phenoxy) is 1. The largest absolute Gasteiger partial charge is 0.452 e. The maximum atomic E-state index is 12.9. The summed E-state index contributed by atoms with van der Waals surface area (Å²) >= 11 is 12.0. The second-order valence-electron chi connectivity index (χ2n) is 7.81. The third kappa shape index (κ3) is 5.58. The van der Waals surface area contributed by atoms with Crippen molar-refractivity contribution in [3.05, 3.63) is 99.5 Å². The second kappa shape index (κ2) is 10.7. The fourth-order valence-corrected chi connectivity index (χ4v) is 4.11. The van der Waals surface area contributed by atoms with Crippen LogP contribution in [0.2, 0.25) is 10.0 Å². The number of carbonyl (C=O) groups is 3. The van der Waals surface area contributed by atoms with Crippen LogP contribution in [0.4, 0.5) is 5.69 Å². The summed E-state index contributed by atoms with van der Waals surface area (Å²) in [5.41, 5.74) is 1.73. The van der Waals surface area contributed by atoms with Crippen LogP contribution in [0.1, 0.15) is 26.3 Å². The van der Waals surface area contributed by atoms with Crippen molar-refractivity contribution in [3.8, 4) is 0 Å². The Bertz CT molecular complexity index is 1210. The lowest BCUT2D eigenvalue weighted by molar-refractivity contribution is -0.134. The molecule has 1 amide bonds. The number of halogens is 2. The Labute approximate surface area is 207 Å². The number of carbonyl (C=O) groups excluding carboxylic acids is 3. The molecule has 8 heteroatoms. The van der Waals surface area contributed by atoms with Crippen molar-refractivity contribution in [1.82, 2.24) is 4.90 Å². The van der Waals surface area contributed by atoms with Gasteiger partial charge in [0.2, 0.25) is 0 Å². The monoisotopic (exact) mass is 496 g/mol. The molecule has 0 aromatic heterocycles. The lowest BCUT2D eigenvalue weighted by atomic mass is 9.98. The standard InChI is InChI=1S/C26H22Cl2N2O4/c27-19-10-8-18(9-11-19)25(32)22-6-1-2-7-23(22)26(33)34-17-24(31)30-14-12-29(13-15-30)21-5-3-4-20(28)16-21/h1-11,16H,12-15,17H2. The molecule has 1 fully saturated rings. The van der Waals surface area contributed by atoms with Crippen molar-refractivity contribution in [1.29, 1.82) is 0 Å². The molecule has 1 heterocycles. The SMILES string of the molecule is O=C(OCC(=O)N1CCN(c2cccc(Cl)c2)CC1)c1ccccc1C(=O)c1ccc(Cl)cc1. The van der Waals surface area contributed by atoms with E-state index < -0.39 is 5.97 Å². The third-order valence-corrected chi connectivity index (χ3v) is 6.12. The Morgan fingerprint density at radius 3 is 2.12 bits per heavy atom. The first-order chi connectivity index (χ1) is 16.4. The second-order valence-corrected chi connectivity index (χ2v) is 8.68. The molecule has 174 valence electrons. The molecule has 0 saturated carbocycles. The van der Waals surface area contributed by atoms with Gasteiger partial charge in [-0.05, 0) is 48.5 Å². The molecule has 0 bridgehead atoms. The van der Waals surface area contributed by atoms with Gasteiger partial charge in [0.15, 0.2) is 12.4 Å². The molecule has 0 radical (unpaired) electrons. The van der Waals surface area contributed by atoms with E-state index in [9.17, 15) is 14.4 Å². The number of benzene rings is 3. The zero-order valence-corrected chi connectivity index (χ0v) is 19.8. The number of hydrogen-bond acceptors (Lipinski definition) is 5. The van der Waals surface area contributed by atoms with Gasteiger partial charge in [-0.2, -0.15) is 0 Å². The number of hydrogen-bond donors (Lipinski definition) is 0. The minimum Gasteiger partial charge on any atom is -0.452 e. The van der Waals surface area contributed by atoms with Crippen LogP contribution < -0.4 is 4.90 Å². The maximum Gasteiger partial charge on any atom is 0.339 e. The van der Waals surface area contributed by atoms with E-state index in [1.54, 1.807) is 47.4 Å². The maximum absolute atomic E-state index is 12.9. The number of rotatable bonds is 6. The highest BCUT2D eigenvalue weighted by atomic mass is 35.5. The van der Waals surface area contributed by atoms with Gasteiger partial charge in [-0.1, -0.05) is 47.5 Å². The first-order valence-corrected chi connectivity index (χ1v) is 11.5. The predicted molar refractivity (Wildman–Crippen MR) is 132 cm³/mol. The zero-order valence-electron chi connectivity index (χ0n) is 18.2. The number of ketones is 1. The van der Waals surface area contributed by atoms with Crippen LogP contribution in [0.3, 0.4) is 0 Å². The molecule has 34 heavy (non-hydrogen) atoms. The van der Waals surface area contributed by atoms with E-state index in [-0.39, 0.29) is 29.4 Å². The van der Waals surface area contributed by atoms with Gasteiger partial charge in [-0.15, -0.1) is 0 Å². The van der Waals surface area contributed by atoms with Gasteiger partial charge < -0.3 is 14.5 Å². The molecule has 1 saturated heterocycles. The molecule has 3 aromatic rings. The fourth-order valence-electron chi connectivity index (χ4n) is 3.80. The van der Waals surface area contributed by atoms with Crippen molar-refractivity contribution in [2.45, 2.75) is 0 Å². The lowest BCUT2D eigenvalue weighted by Gasteiger charge is -2.36. The Kier molecular flexibility index (Phi) is 7.50. The Balaban J connectivity index is 1.35. The highest BCUT2D eigenvalue weighted by Gasteiger charge is 2.24. The highest BCUT2D eigenvalue weighted by Crippen LogP contribution is 2.21. The third-order valence-electron chi connectivity index (χ3n) is 5.63. The quantitative estimate of drug-likeness (QED) is 0.364. The summed E-state index contributed by atoms with van der Waals surface area (Å²) in [5.74, 6) is -1.32. The van der Waals surface area contributed by atoms with Crippen molar-refractivity contribution >= 4 is 46.5 Å². The van der Waals surface area contributed by atoms with Crippen LogP contribution in [-0.2, 0) is 9.53 Å². The number of piperazine rings is 1. The predicted octanol–water partition coefficient (Wildman–Crippen LogP) is 4.73. The molecule has 0 atom stereocenters. The highest BCUT2D eigenvalue weighted by molar-refractivity contribution is 6.31. The van der Waals surface area contributed by atoms with Crippen LogP contribution in [0, 0.1) is 0 Å². The van der Waals surface area contributed by atoms with Crippen molar-refractivity contribution in [3.63, 3.8) is 0 Å². The molecule has 4 rings (SSSR count). The van der Waals surface area contributed by atoms with E-state index in [2.05, 4.69) is 4.90 Å². The van der Waals surface area contributed by atoms with E-state index >= 15 is 0 Å². The van der Waals surface area contributed by atoms with Crippen LogP contribution in [0.25, 0.3) is 0 Å². The summed E-state index contributed by atoms with van der Waals surface area (Å²) in [5, 5.41) is 1.17. The molecule has 1 aliphatic heterocycles. The summed E-state index contributed by atoms with van der Waals surface area (Å²) in [6.07, 6.45) is 0. The van der Waals surface area contributed by atoms with Crippen LogP contribution >= 0.6 is 23.2 Å². The fraction of sp³-hybridized carbons (Fsp3) is 0.192. The van der Waals surface area contributed by atoms with Crippen molar-refractivity contribution in [2.24, 2.45) is 0 Å². The molecule has 1 aliphatic rings.